The van der Waals surface area contributed by atoms with E-state index in [9.17, 15) is 34.6 Å². The summed E-state index contributed by atoms with van der Waals surface area (Å²) in [7, 11) is -4.29. The van der Waals surface area contributed by atoms with Crippen molar-refractivity contribution in [1.82, 2.24) is 9.55 Å². The minimum absolute atomic E-state index is 0.0584. The summed E-state index contributed by atoms with van der Waals surface area (Å²) in [4.78, 5) is 29.4. The van der Waals surface area contributed by atoms with Gasteiger partial charge in [-0.05, 0) is 18.9 Å². The number of hydrogen-bond acceptors (Lipinski definition) is 14. The van der Waals surface area contributed by atoms with Crippen LogP contribution in [0, 0.1) is 6.92 Å². The van der Waals surface area contributed by atoms with E-state index in [4.69, 9.17) is 33.3 Å². The summed E-state index contributed by atoms with van der Waals surface area (Å²) in [6.45, 7) is 2.10. The van der Waals surface area contributed by atoms with Crippen molar-refractivity contribution >= 4 is 7.82 Å². The molecule has 1 unspecified atom stereocenters. The van der Waals surface area contributed by atoms with Gasteiger partial charge in [0, 0.05) is 23.1 Å². The van der Waals surface area contributed by atoms with Gasteiger partial charge in [-0.3, -0.25) is 27.9 Å². The molecule has 304 valence electrons. The second kappa shape index (κ2) is 24.4. The van der Waals surface area contributed by atoms with Crippen molar-refractivity contribution in [2.24, 2.45) is 5.11 Å². The highest BCUT2D eigenvalue weighted by Crippen LogP contribution is 2.50. The molecule has 0 amide bonds. The molecule has 19 heteroatoms. The highest BCUT2D eigenvalue weighted by molar-refractivity contribution is 7.48. The number of aryl methyl sites for hydroxylation is 1. The Kier molecular flexibility index (Phi) is 20.8. The molecular formula is C34H60N5O13P. The lowest BCUT2D eigenvalue weighted by Crippen LogP contribution is -2.59. The molecule has 2 fully saturated rings. The summed E-state index contributed by atoms with van der Waals surface area (Å²) in [5, 5.41) is 43.4. The third kappa shape index (κ3) is 15.1. The Labute approximate surface area is 310 Å². The van der Waals surface area contributed by atoms with Crippen LogP contribution in [0.25, 0.3) is 10.4 Å². The number of unbranched alkanes of at least 4 members (excludes halogenated alkanes) is 13. The topological polar surface area (TPSA) is 257 Å². The minimum Gasteiger partial charge on any atom is -0.394 e. The van der Waals surface area contributed by atoms with E-state index in [0.717, 1.165) is 25.7 Å². The molecule has 0 aromatic carbocycles. The van der Waals surface area contributed by atoms with Gasteiger partial charge in [0.05, 0.1) is 45.2 Å². The highest BCUT2D eigenvalue weighted by atomic mass is 31.2. The van der Waals surface area contributed by atoms with Crippen LogP contribution in [0.4, 0.5) is 0 Å². The summed E-state index contributed by atoms with van der Waals surface area (Å²) in [6.07, 6.45) is 8.46. The van der Waals surface area contributed by atoms with E-state index in [1.165, 1.54) is 75.5 Å². The number of nitrogens with one attached hydrogen (secondary N) is 1. The van der Waals surface area contributed by atoms with Crippen molar-refractivity contribution in [1.29, 1.82) is 0 Å². The van der Waals surface area contributed by atoms with Crippen LogP contribution in [0.1, 0.15) is 115 Å². The standard InChI is InChI=1S/C34H60N5O13P/c1-3-4-5-6-7-8-9-10-11-12-13-14-15-16-17-48-53(46,49-19-18-47-33-31(43)30(42)29(41)26(22-40)52-33)50-23-27-25(37-38-35)20-28(51-27)39-21-24(2)32(44)36-34(39)45/h21,25-31,33,40-43H,3-20,22-23H2,1-2H3,(H,36,44,45)/t25-,26+,27+,28+,29+,30-,31-,33+,53?/m0/s1. The van der Waals surface area contributed by atoms with Gasteiger partial charge in [-0.1, -0.05) is 95.5 Å². The average Bonchev–Trinajstić information content (AvgIpc) is 3.54. The first-order valence-corrected chi connectivity index (χ1v) is 20.5. The first-order valence-electron chi connectivity index (χ1n) is 19.0. The zero-order chi connectivity index (χ0) is 38.6. The molecule has 3 heterocycles. The monoisotopic (exact) mass is 777 g/mol. The molecule has 0 aliphatic carbocycles. The maximum absolute atomic E-state index is 13.8. The van der Waals surface area contributed by atoms with E-state index in [0.29, 0.717) is 6.42 Å². The second-order valence-corrected chi connectivity index (χ2v) is 15.4. The molecule has 0 radical (unpaired) electrons. The van der Waals surface area contributed by atoms with Gasteiger partial charge in [0.2, 0.25) is 0 Å². The molecule has 53 heavy (non-hydrogen) atoms. The summed E-state index contributed by atoms with van der Waals surface area (Å²) in [5.74, 6) is 0. The molecule has 2 saturated heterocycles. The number of azide groups is 1. The first kappa shape index (κ1) is 45.2. The van der Waals surface area contributed by atoms with Gasteiger partial charge in [-0.15, -0.1) is 0 Å². The minimum atomic E-state index is -4.29. The van der Waals surface area contributed by atoms with E-state index in [2.05, 4.69) is 21.9 Å². The lowest BCUT2D eigenvalue weighted by atomic mass is 9.99. The van der Waals surface area contributed by atoms with Crippen LogP contribution in [0.15, 0.2) is 20.9 Å². The molecule has 3 rings (SSSR count). The van der Waals surface area contributed by atoms with E-state index < -0.39 is 81.4 Å². The number of hydrogen-bond donors (Lipinski definition) is 5. The predicted octanol–water partition coefficient (Wildman–Crippen LogP) is 4.27. The lowest BCUT2D eigenvalue weighted by molar-refractivity contribution is -0.301. The SMILES string of the molecule is CCCCCCCCCCCCCCCCOP(=O)(OCCO[C@@H]1O[C@H](CO)[C@@H](O)[C@H](O)[C@@H]1O)OC[C@H]1O[C@@H](n2cc(C)c(=O)[nH]c2=O)C[C@@H]1N=[N+]=[N-]. The van der Waals surface area contributed by atoms with Gasteiger partial charge in [-0.2, -0.15) is 0 Å². The largest absolute Gasteiger partial charge is 0.474 e. The Morgan fingerprint density at radius 2 is 1.47 bits per heavy atom. The second-order valence-electron chi connectivity index (χ2n) is 13.7. The highest BCUT2D eigenvalue weighted by Gasteiger charge is 2.44. The summed E-state index contributed by atoms with van der Waals surface area (Å²) in [5.41, 5.74) is 8.18. The number of rotatable bonds is 27. The molecule has 9 atom stereocenters. The van der Waals surface area contributed by atoms with Crippen LogP contribution < -0.4 is 11.2 Å². The van der Waals surface area contributed by atoms with Crippen molar-refractivity contribution in [3.8, 4) is 0 Å². The summed E-state index contributed by atoms with van der Waals surface area (Å²) >= 11 is 0. The van der Waals surface area contributed by atoms with Gasteiger partial charge in [0.15, 0.2) is 6.29 Å². The number of aliphatic hydroxyl groups is 4. The number of aromatic amines is 1. The first-order chi connectivity index (χ1) is 25.5. The fourth-order valence-corrected chi connectivity index (χ4v) is 7.50. The number of H-pyrrole nitrogens is 1. The van der Waals surface area contributed by atoms with Crippen molar-refractivity contribution in [2.75, 3.05) is 33.0 Å². The normalized spacial score (nSPS) is 27.1. The fraction of sp³-hybridized carbons (Fsp3) is 0.882. The molecular weight excluding hydrogens is 717 g/mol. The molecule has 18 nitrogen and oxygen atoms in total. The van der Waals surface area contributed by atoms with Crippen molar-refractivity contribution < 1.29 is 52.8 Å². The number of ether oxygens (including phenoxy) is 3. The number of aromatic nitrogens is 2. The Hall–Kier alpha value is -2.18. The predicted molar refractivity (Wildman–Crippen MR) is 193 cm³/mol. The molecule has 0 bridgehead atoms. The van der Waals surface area contributed by atoms with Crippen molar-refractivity contribution in [2.45, 2.75) is 159 Å². The summed E-state index contributed by atoms with van der Waals surface area (Å²) < 4.78 is 48.5. The van der Waals surface area contributed by atoms with Gasteiger partial charge >= 0.3 is 13.5 Å². The Morgan fingerprint density at radius 3 is 2.08 bits per heavy atom. The molecule has 0 spiro atoms. The number of nitrogens with zero attached hydrogens (tertiary/aromatic N) is 4. The Balaban J connectivity index is 1.51. The number of phosphoric ester groups is 1. The lowest BCUT2D eigenvalue weighted by Gasteiger charge is -2.39. The van der Waals surface area contributed by atoms with E-state index in [1.54, 1.807) is 0 Å². The van der Waals surface area contributed by atoms with Crippen LogP contribution in [0.3, 0.4) is 0 Å². The van der Waals surface area contributed by atoms with E-state index in [1.807, 2.05) is 0 Å². The summed E-state index contributed by atoms with van der Waals surface area (Å²) in [6, 6.07) is -0.821. The maximum atomic E-state index is 13.8. The van der Waals surface area contributed by atoms with Gasteiger partial charge in [0.25, 0.3) is 5.56 Å². The van der Waals surface area contributed by atoms with Crippen LogP contribution in [0.5, 0.6) is 0 Å². The molecule has 5 N–H and O–H groups in total. The zero-order valence-electron chi connectivity index (χ0n) is 31.0. The maximum Gasteiger partial charge on any atom is 0.474 e. The van der Waals surface area contributed by atoms with Crippen molar-refractivity contribution in [3.05, 3.63) is 43.0 Å². The third-order valence-corrected chi connectivity index (χ3v) is 10.9. The van der Waals surface area contributed by atoms with Crippen molar-refractivity contribution in [3.63, 3.8) is 0 Å². The van der Waals surface area contributed by atoms with E-state index in [-0.39, 0.29) is 31.8 Å². The van der Waals surface area contributed by atoms with E-state index >= 15 is 0 Å². The van der Waals surface area contributed by atoms with Crippen LogP contribution in [-0.4, -0.2) is 106 Å². The van der Waals surface area contributed by atoms with Gasteiger partial charge in [0.1, 0.15) is 30.6 Å². The molecule has 2 aliphatic heterocycles. The third-order valence-electron chi connectivity index (χ3n) is 9.47. The molecule has 2 aliphatic rings. The smallest absolute Gasteiger partial charge is 0.394 e. The van der Waals surface area contributed by atoms with Crippen LogP contribution in [0.2, 0.25) is 0 Å². The number of phosphoric acid groups is 1. The molecule has 1 aromatic rings. The zero-order valence-corrected chi connectivity index (χ0v) is 31.9. The molecule has 1 aromatic heterocycles. The fourth-order valence-electron chi connectivity index (χ4n) is 6.29. The Morgan fingerprint density at radius 1 is 0.868 bits per heavy atom. The van der Waals surface area contributed by atoms with Gasteiger partial charge < -0.3 is 34.6 Å². The van der Waals surface area contributed by atoms with Gasteiger partial charge in [-0.25, -0.2) is 9.36 Å². The average molecular weight is 778 g/mol. The Bertz CT molecular complexity index is 1410. The quantitative estimate of drug-likeness (QED) is 0.0275. The molecule has 0 saturated carbocycles. The van der Waals surface area contributed by atoms with Crippen LogP contribution >= 0.6 is 7.82 Å². The van der Waals surface area contributed by atoms with Crippen LogP contribution in [-0.2, 0) is 32.3 Å². The number of aliphatic hydroxyl groups excluding tert-OH is 4.